The topological polar surface area (TPSA) is 97.5 Å². The van der Waals surface area contributed by atoms with Crippen LogP contribution in [0, 0.1) is 5.82 Å². The van der Waals surface area contributed by atoms with Crippen molar-refractivity contribution in [1.82, 2.24) is 24.8 Å². The van der Waals surface area contributed by atoms with Gasteiger partial charge in [-0.05, 0) is 42.9 Å². The van der Waals surface area contributed by atoms with Crippen molar-refractivity contribution >= 4 is 22.8 Å². The van der Waals surface area contributed by atoms with Gasteiger partial charge in [-0.3, -0.25) is 9.69 Å². The summed E-state index contributed by atoms with van der Waals surface area (Å²) in [5.74, 6) is -0.0430. The molecule has 1 aliphatic heterocycles. The van der Waals surface area contributed by atoms with Crippen molar-refractivity contribution in [1.29, 1.82) is 0 Å². The van der Waals surface area contributed by atoms with Crippen molar-refractivity contribution in [2.75, 3.05) is 45.6 Å². The van der Waals surface area contributed by atoms with Crippen molar-refractivity contribution < 1.29 is 13.9 Å². The molecule has 1 saturated heterocycles. The van der Waals surface area contributed by atoms with Gasteiger partial charge < -0.3 is 15.4 Å². The smallest absolute Gasteiger partial charge is 0.236 e. The molecule has 9 heteroatoms. The third-order valence-electron chi connectivity index (χ3n) is 4.99. The lowest BCUT2D eigenvalue weighted by molar-refractivity contribution is -0.136. The lowest BCUT2D eigenvalue weighted by Gasteiger charge is -2.28. The second-order valence-electron chi connectivity index (χ2n) is 7.34. The maximum Gasteiger partial charge on any atom is 0.236 e. The summed E-state index contributed by atoms with van der Waals surface area (Å²) in [4.78, 5) is 28.7. The minimum Gasteiger partial charge on any atom is -0.382 e. The number of hydrogen-bond acceptors (Lipinski definition) is 7. The lowest BCUT2D eigenvalue weighted by atomic mass is 10.1. The van der Waals surface area contributed by atoms with Gasteiger partial charge in [0.2, 0.25) is 5.91 Å². The second-order valence-corrected chi connectivity index (χ2v) is 7.34. The number of halogens is 1. The van der Waals surface area contributed by atoms with E-state index < -0.39 is 0 Å². The summed E-state index contributed by atoms with van der Waals surface area (Å²) in [6, 6.07) is 8.33. The first-order chi connectivity index (χ1) is 14.5. The Morgan fingerprint density at radius 1 is 1.23 bits per heavy atom. The van der Waals surface area contributed by atoms with E-state index in [2.05, 4.69) is 15.0 Å². The molecule has 1 fully saturated rings. The Morgan fingerprint density at radius 2 is 2.03 bits per heavy atom. The van der Waals surface area contributed by atoms with Gasteiger partial charge in [-0.2, -0.15) is 0 Å². The molecule has 0 saturated carbocycles. The molecule has 1 amide bonds. The summed E-state index contributed by atoms with van der Waals surface area (Å²) < 4.78 is 19.6. The molecular formula is C21H23FN6O2. The summed E-state index contributed by atoms with van der Waals surface area (Å²) in [6.45, 7) is 3.04. The molecule has 2 aromatic heterocycles. The van der Waals surface area contributed by atoms with Gasteiger partial charge in [0.25, 0.3) is 0 Å². The van der Waals surface area contributed by atoms with Crippen LogP contribution < -0.4 is 5.73 Å². The second kappa shape index (κ2) is 8.68. The fraction of sp³-hybridized carbons (Fsp3) is 0.333. The van der Waals surface area contributed by atoms with Gasteiger partial charge in [-0.1, -0.05) is 0 Å². The molecular weight excluding hydrogens is 387 g/mol. The van der Waals surface area contributed by atoms with Crippen LogP contribution in [0.4, 0.5) is 10.2 Å². The van der Waals surface area contributed by atoms with Crippen LogP contribution in [-0.2, 0) is 16.1 Å². The number of nitrogens with two attached hydrogens (primary N) is 1. The van der Waals surface area contributed by atoms with E-state index in [0.29, 0.717) is 55.1 Å². The number of nitrogen functional groups attached to an aromatic ring is 1. The average Bonchev–Trinajstić information content (AvgIpc) is 2.74. The summed E-state index contributed by atoms with van der Waals surface area (Å²) >= 11 is 0. The number of pyridine rings is 1. The van der Waals surface area contributed by atoms with E-state index in [9.17, 15) is 9.18 Å². The molecule has 0 atom stereocenters. The number of hydrogen-bond donors (Lipinski definition) is 1. The van der Waals surface area contributed by atoms with Crippen molar-refractivity contribution in [3.63, 3.8) is 0 Å². The number of anilines is 1. The van der Waals surface area contributed by atoms with E-state index in [1.54, 1.807) is 17.0 Å². The predicted octanol–water partition coefficient (Wildman–Crippen LogP) is 1.70. The molecule has 0 radical (unpaired) electrons. The number of aromatic nitrogens is 3. The van der Waals surface area contributed by atoms with Gasteiger partial charge >= 0.3 is 0 Å². The highest BCUT2D eigenvalue weighted by Gasteiger charge is 2.18. The van der Waals surface area contributed by atoms with E-state index >= 15 is 0 Å². The molecule has 1 aromatic carbocycles. The van der Waals surface area contributed by atoms with Crippen LogP contribution in [0.3, 0.4) is 0 Å². The van der Waals surface area contributed by atoms with Crippen molar-refractivity contribution in [3.05, 3.63) is 48.0 Å². The molecule has 4 rings (SSSR count). The highest BCUT2D eigenvalue weighted by atomic mass is 19.1. The van der Waals surface area contributed by atoms with Crippen molar-refractivity contribution in [2.24, 2.45) is 0 Å². The highest BCUT2D eigenvalue weighted by Crippen LogP contribution is 2.24. The zero-order chi connectivity index (χ0) is 21.1. The number of nitrogens with zero attached hydrogens (tertiary/aromatic N) is 5. The first kappa shape index (κ1) is 20.1. The SMILES string of the molecule is CN(CC(=O)N1CCOCC1)Cc1cc(F)cc(-c2ccc3ncnc(N)c3n2)c1. The van der Waals surface area contributed by atoms with E-state index in [4.69, 9.17) is 10.5 Å². The van der Waals surface area contributed by atoms with Gasteiger partial charge in [0.15, 0.2) is 5.82 Å². The van der Waals surface area contributed by atoms with Gasteiger partial charge in [-0.15, -0.1) is 0 Å². The minimum atomic E-state index is -0.366. The maximum atomic E-state index is 14.3. The number of rotatable bonds is 5. The molecule has 0 bridgehead atoms. The van der Waals surface area contributed by atoms with Gasteiger partial charge in [0.05, 0.1) is 31.0 Å². The van der Waals surface area contributed by atoms with Crippen LogP contribution in [0.1, 0.15) is 5.56 Å². The predicted molar refractivity (Wildman–Crippen MR) is 111 cm³/mol. The van der Waals surface area contributed by atoms with Crippen LogP contribution in [0.5, 0.6) is 0 Å². The molecule has 2 N–H and O–H groups in total. The van der Waals surface area contributed by atoms with Crippen LogP contribution in [-0.4, -0.2) is 70.6 Å². The third-order valence-corrected chi connectivity index (χ3v) is 4.99. The summed E-state index contributed by atoms with van der Waals surface area (Å²) in [5.41, 5.74) is 8.97. The van der Waals surface area contributed by atoms with E-state index in [1.807, 2.05) is 18.0 Å². The Morgan fingerprint density at radius 3 is 2.83 bits per heavy atom. The maximum absolute atomic E-state index is 14.3. The van der Waals surface area contributed by atoms with Crippen LogP contribution in [0.2, 0.25) is 0 Å². The Labute approximate surface area is 173 Å². The number of ether oxygens (including phenoxy) is 1. The number of morpholine rings is 1. The summed E-state index contributed by atoms with van der Waals surface area (Å²) in [5, 5.41) is 0. The fourth-order valence-corrected chi connectivity index (χ4v) is 3.52. The Kier molecular flexibility index (Phi) is 5.82. The molecule has 8 nitrogen and oxygen atoms in total. The average molecular weight is 410 g/mol. The van der Waals surface area contributed by atoms with Crippen molar-refractivity contribution in [3.8, 4) is 11.3 Å². The fourth-order valence-electron chi connectivity index (χ4n) is 3.52. The Balaban J connectivity index is 1.52. The quantitative estimate of drug-likeness (QED) is 0.684. The molecule has 30 heavy (non-hydrogen) atoms. The Hall–Kier alpha value is -3.17. The van der Waals surface area contributed by atoms with E-state index in [0.717, 1.165) is 5.56 Å². The van der Waals surface area contributed by atoms with Gasteiger partial charge in [0, 0.05) is 25.2 Å². The van der Waals surface area contributed by atoms with E-state index in [1.165, 1.54) is 18.5 Å². The first-order valence-electron chi connectivity index (χ1n) is 9.71. The molecule has 0 aliphatic carbocycles. The number of fused-ring (bicyclic) bond motifs is 1. The monoisotopic (exact) mass is 410 g/mol. The largest absolute Gasteiger partial charge is 0.382 e. The number of benzene rings is 1. The minimum absolute atomic E-state index is 0.0455. The molecule has 3 aromatic rings. The van der Waals surface area contributed by atoms with Crippen LogP contribution in [0.15, 0.2) is 36.7 Å². The molecule has 0 spiro atoms. The standard InChI is InChI=1S/C21H23FN6O2/c1-27(12-19(29)28-4-6-30-7-5-28)11-14-8-15(10-16(22)9-14)17-2-3-18-20(26-17)21(23)25-13-24-18/h2-3,8-10,13H,4-7,11-12H2,1H3,(H2,23,24,25). The molecule has 3 heterocycles. The number of likely N-dealkylation sites (N-methyl/N-ethyl adjacent to an activating group) is 1. The van der Waals surface area contributed by atoms with Gasteiger partial charge in [-0.25, -0.2) is 19.3 Å². The van der Waals surface area contributed by atoms with E-state index in [-0.39, 0.29) is 24.1 Å². The zero-order valence-corrected chi connectivity index (χ0v) is 16.7. The highest BCUT2D eigenvalue weighted by molar-refractivity contribution is 5.85. The van der Waals surface area contributed by atoms with Crippen molar-refractivity contribution in [2.45, 2.75) is 6.54 Å². The van der Waals surface area contributed by atoms with Gasteiger partial charge in [0.1, 0.15) is 17.7 Å². The number of carbonyl (C=O) groups is 1. The molecule has 156 valence electrons. The normalized spacial score (nSPS) is 14.4. The third kappa shape index (κ3) is 4.52. The Bertz CT molecular complexity index is 1070. The lowest BCUT2D eigenvalue weighted by Crippen LogP contribution is -2.44. The zero-order valence-electron chi connectivity index (χ0n) is 16.7. The molecule has 1 aliphatic rings. The van der Waals surface area contributed by atoms with Crippen LogP contribution in [0.25, 0.3) is 22.3 Å². The molecule has 0 unspecified atom stereocenters. The first-order valence-corrected chi connectivity index (χ1v) is 9.71. The summed E-state index contributed by atoms with van der Waals surface area (Å²) in [6.07, 6.45) is 1.38. The number of carbonyl (C=O) groups excluding carboxylic acids is 1. The number of amides is 1. The summed E-state index contributed by atoms with van der Waals surface area (Å²) in [7, 11) is 1.84. The van der Waals surface area contributed by atoms with Crippen LogP contribution >= 0.6 is 0 Å².